The van der Waals surface area contributed by atoms with Crippen LogP contribution in [0.4, 0.5) is 0 Å². The Kier molecular flexibility index (Phi) is 9.79. The van der Waals surface area contributed by atoms with E-state index in [1.807, 2.05) is 13.8 Å². The van der Waals surface area contributed by atoms with E-state index in [1.54, 1.807) is 29.8 Å². The smallest absolute Gasteiger partial charge is 0.339 e. The fraction of sp³-hybridized carbons (Fsp3) is 0.480. The first-order valence-electron chi connectivity index (χ1n) is 11.2. The van der Waals surface area contributed by atoms with Crippen molar-refractivity contribution in [3.63, 3.8) is 0 Å². The molecular formula is C25H37N3O6S. The molecule has 1 N–H and O–H groups in total. The fourth-order valence-corrected chi connectivity index (χ4v) is 4.08. The van der Waals surface area contributed by atoms with Crippen molar-refractivity contribution in [2.24, 2.45) is 0 Å². The number of hydrogen-bond acceptors (Lipinski definition) is 7. The fourth-order valence-electron chi connectivity index (χ4n) is 3.46. The predicted molar refractivity (Wildman–Crippen MR) is 142 cm³/mol. The van der Waals surface area contributed by atoms with Crippen LogP contribution < -0.4 is 14.2 Å². The molecule has 0 amide bonds. The number of carbonyl (C=O) groups is 1. The zero-order chi connectivity index (χ0) is 26.3. The molecule has 0 radical (unpaired) electrons. The topological polar surface area (TPSA) is 105 Å². The maximum atomic E-state index is 12.1. The summed E-state index contributed by atoms with van der Waals surface area (Å²) < 4.78 is 23.8. The lowest BCUT2D eigenvalue weighted by atomic mass is 10.1. The Hall–Kier alpha value is -2.98. The van der Waals surface area contributed by atoms with E-state index >= 15 is 0 Å². The van der Waals surface area contributed by atoms with Gasteiger partial charge in [-0.3, -0.25) is 0 Å². The molecular weight excluding hydrogens is 470 g/mol. The van der Waals surface area contributed by atoms with Gasteiger partial charge in [0.15, 0.2) is 17.1 Å². The highest BCUT2D eigenvalue weighted by atomic mass is 32.3. The average molecular weight is 508 g/mol. The zero-order valence-electron chi connectivity index (χ0n) is 22.1. The number of methoxy groups -OCH3 is 3. The van der Waals surface area contributed by atoms with E-state index in [4.69, 9.17) is 18.9 Å². The molecule has 0 aliphatic heterocycles. The Morgan fingerprint density at radius 3 is 2.14 bits per heavy atom. The number of aromatic nitrogens is 3. The van der Waals surface area contributed by atoms with Crippen LogP contribution in [0.5, 0.6) is 17.2 Å². The highest BCUT2D eigenvalue weighted by Crippen LogP contribution is 2.41. The molecule has 0 spiro atoms. The van der Waals surface area contributed by atoms with Crippen LogP contribution in [0.15, 0.2) is 18.3 Å². The number of hydrogen-bond donors (Lipinski definition) is 1. The molecule has 0 atom stereocenters. The van der Waals surface area contributed by atoms with Crippen molar-refractivity contribution in [1.82, 2.24) is 14.5 Å². The van der Waals surface area contributed by atoms with Gasteiger partial charge in [-0.25, -0.2) is 24.8 Å². The van der Waals surface area contributed by atoms with Gasteiger partial charge >= 0.3 is 5.97 Å². The minimum Gasteiger partial charge on any atom is -0.493 e. The monoisotopic (exact) mass is 507 g/mol. The van der Waals surface area contributed by atoms with Gasteiger partial charge in [-0.1, -0.05) is 13.8 Å². The molecule has 1 aromatic carbocycles. The lowest BCUT2D eigenvalue weighted by Crippen LogP contribution is -2.11. The molecule has 0 aliphatic carbocycles. The molecule has 0 bridgehead atoms. The summed E-state index contributed by atoms with van der Waals surface area (Å²) >= 11 is 0. The van der Waals surface area contributed by atoms with Gasteiger partial charge in [0.1, 0.15) is 17.8 Å². The maximum Gasteiger partial charge on any atom is 0.339 e. The zero-order valence-corrected chi connectivity index (χ0v) is 22.9. The van der Waals surface area contributed by atoms with Crippen LogP contribution >= 0.6 is 10.0 Å². The van der Waals surface area contributed by atoms with Gasteiger partial charge in [0.05, 0.1) is 39.8 Å². The number of rotatable bonds is 10. The second kappa shape index (κ2) is 12.1. The van der Waals surface area contributed by atoms with Gasteiger partial charge < -0.3 is 28.6 Å². The van der Waals surface area contributed by atoms with Crippen LogP contribution in [0.1, 0.15) is 29.9 Å². The molecule has 194 valence electrons. The van der Waals surface area contributed by atoms with Gasteiger partial charge in [0.25, 0.3) is 0 Å². The highest BCUT2D eigenvalue weighted by Gasteiger charge is 2.23. The van der Waals surface area contributed by atoms with Crippen LogP contribution in [-0.4, -0.2) is 78.1 Å². The third-order valence-electron chi connectivity index (χ3n) is 5.25. The summed E-state index contributed by atoms with van der Waals surface area (Å²) in [7, 11) is 3.91. The number of benzene rings is 1. The maximum absolute atomic E-state index is 12.1. The molecule has 0 fully saturated rings. The summed E-state index contributed by atoms with van der Waals surface area (Å²) in [5, 5.41) is 9.87. The van der Waals surface area contributed by atoms with E-state index in [1.165, 1.54) is 21.3 Å². The van der Waals surface area contributed by atoms with E-state index in [-0.39, 0.29) is 12.3 Å². The third kappa shape index (κ3) is 6.37. The van der Waals surface area contributed by atoms with Crippen LogP contribution in [0.3, 0.4) is 0 Å². The minimum atomic E-state index is -1.06. The first-order valence-corrected chi connectivity index (χ1v) is 14.3. The van der Waals surface area contributed by atoms with Gasteiger partial charge in [-0.2, -0.15) is 0 Å². The van der Waals surface area contributed by atoms with Crippen molar-refractivity contribution in [2.75, 3.05) is 52.5 Å². The normalized spacial score (nSPS) is 11.6. The number of aromatic carboxylic acids is 1. The molecule has 35 heavy (non-hydrogen) atoms. The van der Waals surface area contributed by atoms with E-state index in [9.17, 15) is 9.90 Å². The molecule has 3 aromatic rings. The summed E-state index contributed by atoms with van der Waals surface area (Å²) in [6.45, 7) is 6.55. The number of carboxylic acid groups (broad SMARTS) is 1. The number of carboxylic acids is 1. The van der Waals surface area contributed by atoms with E-state index in [0.29, 0.717) is 52.0 Å². The van der Waals surface area contributed by atoms with Gasteiger partial charge in [-0.15, -0.1) is 0 Å². The van der Waals surface area contributed by atoms with Crippen molar-refractivity contribution in [3.8, 4) is 28.5 Å². The minimum absolute atomic E-state index is 0.108. The molecule has 9 nitrogen and oxygen atoms in total. The molecule has 0 saturated heterocycles. The lowest BCUT2D eigenvalue weighted by molar-refractivity contribution is 0.0694. The molecule has 3 rings (SSSR count). The van der Waals surface area contributed by atoms with Crippen LogP contribution in [-0.2, 0) is 11.5 Å². The van der Waals surface area contributed by atoms with E-state index < -0.39 is 16.0 Å². The van der Waals surface area contributed by atoms with E-state index in [2.05, 4.69) is 28.7 Å². The highest BCUT2D eigenvalue weighted by molar-refractivity contribution is 8.32. The summed E-state index contributed by atoms with van der Waals surface area (Å²) in [6, 6.07) is 3.50. The van der Waals surface area contributed by atoms with Gasteiger partial charge in [0, 0.05) is 17.0 Å². The van der Waals surface area contributed by atoms with Gasteiger partial charge in [0.2, 0.25) is 5.75 Å². The molecule has 2 aromatic heterocycles. The Morgan fingerprint density at radius 2 is 1.66 bits per heavy atom. The predicted octanol–water partition coefficient (Wildman–Crippen LogP) is 4.83. The summed E-state index contributed by atoms with van der Waals surface area (Å²) in [6.07, 6.45) is 8.28. The molecule has 2 heterocycles. The summed E-state index contributed by atoms with van der Waals surface area (Å²) in [5.41, 5.74) is 2.56. The van der Waals surface area contributed by atoms with Crippen molar-refractivity contribution in [2.45, 2.75) is 27.5 Å². The van der Waals surface area contributed by atoms with Crippen molar-refractivity contribution >= 4 is 27.2 Å². The quantitative estimate of drug-likeness (QED) is 0.389. The van der Waals surface area contributed by atoms with Crippen LogP contribution in [0.25, 0.3) is 22.4 Å². The van der Waals surface area contributed by atoms with Crippen LogP contribution in [0.2, 0.25) is 0 Å². The largest absolute Gasteiger partial charge is 0.493 e. The molecule has 0 aliphatic rings. The average Bonchev–Trinajstić information content (AvgIpc) is 3.11. The van der Waals surface area contributed by atoms with Gasteiger partial charge in [-0.05, 0) is 37.8 Å². The second-order valence-electron chi connectivity index (χ2n) is 8.37. The number of nitrogens with zero attached hydrogens (tertiary/aromatic N) is 3. The summed E-state index contributed by atoms with van der Waals surface area (Å²) in [5.74, 6) is 1.30. The molecule has 0 unspecified atom stereocenters. The Labute approximate surface area is 208 Å². The van der Waals surface area contributed by atoms with Crippen molar-refractivity contribution in [1.29, 1.82) is 0 Å². The van der Waals surface area contributed by atoms with E-state index in [0.717, 1.165) is 5.75 Å². The lowest BCUT2D eigenvalue weighted by Gasteiger charge is -2.24. The Bertz CT molecular complexity index is 1150. The van der Waals surface area contributed by atoms with Crippen molar-refractivity contribution < 1.29 is 28.8 Å². The second-order valence-corrected chi connectivity index (χ2v) is 13.0. The number of ether oxygens (including phenoxy) is 4. The Balaban J connectivity index is 0.00000210. The number of fused-ring (bicyclic) bond motifs is 1. The first kappa shape index (κ1) is 28.3. The molecule has 0 saturated carbocycles. The summed E-state index contributed by atoms with van der Waals surface area (Å²) in [4.78, 5) is 21.3. The first-order chi connectivity index (χ1) is 16.6. The molecule has 10 heteroatoms. The Morgan fingerprint density at radius 1 is 1.06 bits per heavy atom. The SMILES string of the molecule is CC.COc1cc(-c2cnc3c(n2)c(C(=O)O)c(C)n3COCCS(C)(C)C)cc(OC)c1OC. The standard InChI is InChI=1S/C23H31N3O6S.C2H6/c1-14-19(23(27)28)20-22(26(14)13-32-8-9-33(5,6)7)24-12-16(25-20)15-10-17(29-2)21(31-4)18(11-15)30-3;1-2/h10-12H,8-9,13H2,1-7H3,(H,27,28);1-2H3. The third-order valence-corrected chi connectivity index (χ3v) is 6.64. The van der Waals surface area contributed by atoms with Crippen molar-refractivity contribution in [3.05, 3.63) is 29.6 Å². The van der Waals surface area contributed by atoms with Crippen LogP contribution in [0, 0.1) is 6.92 Å².